The van der Waals surface area contributed by atoms with Gasteiger partial charge in [0.05, 0.1) is 0 Å². The van der Waals surface area contributed by atoms with Gasteiger partial charge in [0.2, 0.25) is 0 Å². The zero-order valence-electron chi connectivity index (χ0n) is 12.6. The summed E-state index contributed by atoms with van der Waals surface area (Å²) < 4.78 is 27.2. The SMILES string of the molecule is O=C(Nc1ccc(Nc2c(F)cccc2F)nn1)c1cccc(Cl)c1. The third-order valence-corrected chi connectivity index (χ3v) is 3.44. The molecule has 0 bridgehead atoms. The van der Waals surface area contributed by atoms with Crippen LogP contribution in [0.4, 0.5) is 26.1 Å². The molecule has 0 unspecified atom stereocenters. The normalized spacial score (nSPS) is 10.4. The maximum absolute atomic E-state index is 13.6. The molecule has 0 saturated heterocycles. The molecule has 8 heteroatoms. The van der Waals surface area contributed by atoms with Crippen molar-refractivity contribution in [2.75, 3.05) is 10.6 Å². The first-order chi connectivity index (χ1) is 12.0. The summed E-state index contributed by atoms with van der Waals surface area (Å²) in [5, 5.41) is 13.1. The fourth-order valence-corrected chi connectivity index (χ4v) is 2.22. The van der Waals surface area contributed by atoms with E-state index in [-0.39, 0.29) is 17.3 Å². The molecule has 0 atom stereocenters. The lowest BCUT2D eigenvalue weighted by Gasteiger charge is -2.08. The van der Waals surface area contributed by atoms with Crippen molar-refractivity contribution in [2.24, 2.45) is 0 Å². The Hall–Kier alpha value is -3.06. The van der Waals surface area contributed by atoms with Crippen molar-refractivity contribution < 1.29 is 13.6 Å². The molecule has 5 nitrogen and oxygen atoms in total. The zero-order valence-corrected chi connectivity index (χ0v) is 13.4. The van der Waals surface area contributed by atoms with E-state index in [1.165, 1.54) is 24.3 Å². The van der Waals surface area contributed by atoms with Crippen molar-refractivity contribution in [1.82, 2.24) is 10.2 Å². The van der Waals surface area contributed by atoms with Crippen LogP contribution in [0.1, 0.15) is 10.4 Å². The number of carbonyl (C=O) groups excluding carboxylic acids is 1. The number of hydrogen-bond donors (Lipinski definition) is 2. The minimum Gasteiger partial charge on any atom is -0.334 e. The van der Waals surface area contributed by atoms with E-state index in [0.717, 1.165) is 12.1 Å². The number of aromatic nitrogens is 2. The summed E-state index contributed by atoms with van der Waals surface area (Å²) in [4.78, 5) is 12.1. The van der Waals surface area contributed by atoms with Gasteiger partial charge in [0, 0.05) is 10.6 Å². The van der Waals surface area contributed by atoms with Crippen molar-refractivity contribution in [3.8, 4) is 0 Å². The van der Waals surface area contributed by atoms with Crippen LogP contribution in [0.2, 0.25) is 5.02 Å². The van der Waals surface area contributed by atoms with Crippen molar-refractivity contribution in [2.45, 2.75) is 0 Å². The van der Waals surface area contributed by atoms with Gasteiger partial charge in [-0.05, 0) is 42.5 Å². The number of benzene rings is 2. The summed E-state index contributed by atoms with van der Waals surface area (Å²) in [6, 6.07) is 12.8. The summed E-state index contributed by atoms with van der Waals surface area (Å²) in [6.07, 6.45) is 0. The largest absolute Gasteiger partial charge is 0.334 e. The molecule has 2 aromatic carbocycles. The fraction of sp³-hybridized carbons (Fsp3) is 0. The molecule has 126 valence electrons. The number of para-hydroxylation sites is 1. The first-order valence-electron chi connectivity index (χ1n) is 7.14. The molecule has 25 heavy (non-hydrogen) atoms. The van der Waals surface area contributed by atoms with Crippen molar-refractivity contribution in [3.05, 3.63) is 76.8 Å². The average molecular weight is 361 g/mol. The molecule has 0 aliphatic carbocycles. The van der Waals surface area contributed by atoms with Gasteiger partial charge in [0.1, 0.15) is 17.3 Å². The van der Waals surface area contributed by atoms with E-state index < -0.39 is 17.5 Å². The molecule has 0 saturated carbocycles. The predicted molar refractivity (Wildman–Crippen MR) is 91.1 cm³/mol. The Labute approximate surface area is 146 Å². The highest BCUT2D eigenvalue weighted by molar-refractivity contribution is 6.31. The highest BCUT2D eigenvalue weighted by Gasteiger charge is 2.11. The van der Waals surface area contributed by atoms with Crippen molar-refractivity contribution in [3.63, 3.8) is 0 Å². The lowest BCUT2D eigenvalue weighted by Crippen LogP contribution is -2.13. The first-order valence-corrected chi connectivity index (χ1v) is 7.52. The lowest BCUT2D eigenvalue weighted by molar-refractivity contribution is 0.102. The van der Waals surface area contributed by atoms with Gasteiger partial charge in [-0.3, -0.25) is 4.79 Å². The quantitative estimate of drug-likeness (QED) is 0.723. The number of amides is 1. The summed E-state index contributed by atoms with van der Waals surface area (Å²) >= 11 is 5.84. The van der Waals surface area contributed by atoms with E-state index in [1.807, 2.05) is 0 Å². The van der Waals surface area contributed by atoms with E-state index in [0.29, 0.717) is 10.6 Å². The molecule has 1 amide bonds. The Kier molecular flexibility index (Phi) is 4.85. The molecule has 0 aliphatic rings. The molecule has 0 fully saturated rings. The second-order valence-electron chi connectivity index (χ2n) is 4.99. The van der Waals surface area contributed by atoms with Gasteiger partial charge in [-0.25, -0.2) is 8.78 Å². The second-order valence-corrected chi connectivity index (χ2v) is 5.43. The topological polar surface area (TPSA) is 66.9 Å². The van der Waals surface area contributed by atoms with Crippen LogP contribution in [0.3, 0.4) is 0 Å². The van der Waals surface area contributed by atoms with Crippen LogP contribution in [0, 0.1) is 11.6 Å². The Balaban J connectivity index is 1.71. The summed E-state index contributed by atoms with van der Waals surface area (Å²) in [5.41, 5.74) is 0.0393. The summed E-state index contributed by atoms with van der Waals surface area (Å²) in [6.45, 7) is 0. The van der Waals surface area contributed by atoms with Gasteiger partial charge >= 0.3 is 0 Å². The highest BCUT2D eigenvalue weighted by Crippen LogP contribution is 2.22. The number of nitrogens with one attached hydrogen (secondary N) is 2. The summed E-state index contributed by atoms with van der Waals surface area (Å²) in [7, 11) is 0. The molecule has 3 rings (SSSR count). The molecule has 0 radical (unpaired) electrons. The van der Waals surface area contributed by atoms with Gasteiger partial charge < -0.3 is 10.6 Å². The molecule has 1 aromatic heterocycles. The molecule has 0 aliphatic heterocycles. The molecular formula is C17H11ClF2N4O. The maximum Gasteiger partial charge on any atom is 0.256 e. The standard InChI is InChI=1S/C17H11ClF2N4O/c18-11-4-1-3-10(9-11)17(25)22-15-8-7-14(23-24-15)21-16-12(19)5-2-6-13(16)20/h1-9H,(H,21,23)(H,22,24,25). The third-order valence-electron chi connectivity index (χ3n) is 3.21. The van der Waals surface area contributed by atoms with E-state index in [2.05, 4.69) is 20.8 Å². The Morgan fingerprint density at radius 2 is 1.56 bits per heavy atom. The van der Waals surface area contributed by atoms with Gasteiger partial charge in [0.15, 0.2) is 11.6 Å². The number of nitrogens with zero attached hydrogens (tertiary/aromatic N) is 2. The van der Waals surface area contributed by atoms with Gasteiger partial charge in [-0.15, -0.1) is 10.2 Å². The van der Waals surface area contributed by atoms with E-state index in [4.69, 9.17) is 11.6 Å². The van der Waals surface area contributed by atoms with Crippen LogP contribution >= 0.6 is 11.6 Å². The van der Waals surface area contributed by atoms with Gasteiger partial charge in [-0.2, -0.15) is 0 Å². The molecule has 2 N–H and O–H groups in total. The zero-order chi connectivity index (χ0) is 17.8. The Bertz CT molecular complexity index is 899. The smallest absolute Gasteiger partial charge is 0.256 e. The molecule has 1 heterocycles. The first kappa shape index (κ1) is 16.8. The monoisotopic (exact) mass is 360 g/mol. The highest BCUT2D eigenvalue weighted by atomic mass is 35.5. The van der Waals surface area contributed by atoms with Gasteiger partial charge in [-0.1, -0.05) is 23.7 Å². The number of rotatable bonds is 4. The van der Waals surface area contributed by atoms with Crippen LogP contribution in [0.15, 0.2) is 54.6 Å². The van der Waals surface area contributed by atoms with Crippen LogP contribution in [-0.2, 0) is 0 Å². The van der Waals surface area contributed by atoms with Gasteiger partial charge in [0.25, 0.3) is 5.91 Å². The van der Waals surface area contributed by atoms with Crippen LogP contribution < -0.4 is 10.6 Å². The van der Waals surface area contributed by atoms with E-state index >= 15 is 0 Å². The van der Waals surface area contributed by atoms with Crippen molar-refractivity contribution >= 4 is 34.8 Å². The maximum atomic E-state index is 13.6. The molecular weight excluding hydrogens is 350 g/mol. The van der Waals surface area contributed by atoms with Crippen LogP contribution in [-0.4, -0.2) is 16.1 Å². The minimum atomic E-state index is -0.750. The minimum absolute atomic E-state index is 0.129. The number of carbonyl (C=O) groups is 1. The van der Waals surface area contributed by atoms with E-state index in [9.17, 15) is 13.6 Å². The van der Waals surface area contributed by atoms with Crippen LogP contribution in [0.5, 0.6) is 0 Å². The average Bonchev–Trinajstić information content (AvgIpc) is 2.60. The molecule has 3 aromatic rings. The number of hydrogen-bond acceptors (Lipinski definition) is 4. The predicted octanol–water partition coefficient (Wildman–Crippen LogP) is 4.40. The van der Waals surface area contributed by atoms with Crippen molar-refractivity contribution in [1.29, 1.82) is 0 Å². The second kappa shape index (κ2) is 7.23. The van der Waals surface area contributed by atoms with Crippen LogP contribution in [0.25, 0.3) is 0 Å². The third kappa shape index (κ3) is 4.07. The Morgan fingerprint density at radius 3 is 2.20 bits per heavy atom. The Morgan fingerprint density at radius 1 is 0.920 bits per heavy atom. The van der Waals surface area contributed by atoms with E-state index in [1.54, 1.807) is 18.2 Å². The molecule has 0 spiro atoms. The number of anilines is 3. The lowest BCUT2D eigenvalue weighted by atomic mass is 10.2. The summed E-state index contributed by atoms with van der Waals surface area (Å²) in [5.74, 6) is -1.59. The fourth-order valence-electron chi connectivity index (χ4n) is 2.03. The number of halogens is 3.